The van der Waals surface area contributed by atoms with Crippen LogP contribution < -0.4 is 0 Å². The Kier molecular flexibility index (Phi) is 4.90. The van der Waals surface area contributed by atoms with E-state index in [1.54, 1.807) is 0 Å². The molecule has 10 heteroatoms. The maximum absolute atomic E-state index is 11.6. The second kappa shape index (κ2) is 6.40. The van der Waals surface area contributed by atoms with E-state index >= 15 is 0 Å². The fourth-order valence-electron chi connectivity index (χ4n) is 3.28. The fraction of sp³-hybridized carbons (Fsp3) is 0.769. The summed E-state index contributed by atoms with van der Waals surface area (Å²) >= 11 is 0. The molecule has 2 fully saturated rings. The molecule has 0 amide bonds. The molecule has 4 N–H and O–H groups in total. The van der Waals surface area contributed by atoms with Crippen LogP contribution in [0.5, 0.6) is 0 Å². The van der Waals surface area contributed by atoms with E-state index in [1.807, 2.05) is 0 Å². The fourth-order valence-corrected chi connectivity index (χ4v) is 3.28. The Morgan fingerprint density at radius 2 is 1.74 bits per heavy atom. The van der Waals surface area contributed by atoms with Gasteiger partial charge >= 0.3 is 17.9 Å². The van der Waals surface area contributed by atoms with Gasteiger partial charge in [0.15, 0.2) is 5.60 Å². The molecule has 10 nitrogen and oxygen atoms in total. The van der Waals surface area contributed by atoms with Crippen molar-refractivity contribution in [2.24, 2.45) is 5.92 Å². The molecule has 0 aromatic carbocycles. The van der Waals surface area contributed by atoms with Crippen LogP contribution in [0.3, 0.4) is 0 Å². The molecular weight excluding hydrogens is 316 g/mol. The third-order valence-electron chi connectivity index (χ3n) is 4.44. The molecule has 1 heterocycles. The number of hydrogen-bond acceptors (Lipinski definition) is 7. The van der Waals surface area contributed by atoms with Gasteiger partial charge in [-0.25, -0.2) is 4.79 Å². The van der Waals surface area contributed by atoms with Crippen LogP contribution >= 0.6 is 0 Å². The van der Waals surface area contributed by atoms with Crippen LogP contribution in [0.4, 0.5) is 0 Å². The molecule has 1 spiro atoms. The number of aliphatic hydroxyl groups is 1. The Bertz CT molecular complexity index is 497. The summed E-state index contributed by atoms with van der Waals surface area (Å²) in [5.74, 6) is -7.40. The van der Waals surface area contributed by atoms with Gasteiger partial charge in [-0.3, -0.25) is 9.59 Å². The van der Waals surface area contributed by atoms with Crippen molar-refractivity contribution < 1.29 is 49.6 Å². The molecule has 130 valence electrons. The lowest BCUT2D eigenvalue weighted by Crippen LogP contribution is -2.60. The Hall–Kier alpha value is -1.75. The van der Waals surface area contributed by atoms with E-state index in [-0.39, 0.29) is 0 Å². The molecule has 1 saturated carbocycles. The first kappa shape index (κ1) is 17.6. The van der Waals surface area contributed by atoms with Gasteiger partial charge in [0, 0.05) is 0 Å². The minimum absolute atomic E-state index is 0.351. The Morgan fingerprint density at radius 3 is 2.22 bits per heavy atom. The third kappa shape index (κ3) is 3.15. The van der Waals surface area contributed by atoms with Crippen molar-refractivity contribution in [3.63, 3.8) is 0 Å². The SMILES string of the molecule is O=C(O)CC(O)(C(=O)O)C(C(=O)O)C1OOOC12CCCCC2. The van der Waals surface area contributed by atoms with Gasteiger partial charge < -0.3 is 20.4 Å². The van der Waals surface area contributed by atoms with Crippen molar-refractivity contribution in [3.05, 3.63) is 0 Å². The molecular formula is C13H18O10. The quantitative estimate of drug-likeness (QED) is 0.484. The number of carbonyl (C=O) groups is 3. The minimum Gasteiger partial charge on any atom is -0.481 e. The highest BCUT2D eigenvalue weighted by Crippen LogP contribution is 2.45. The molecule has 3 atom stereocenters. The molecule has 1 aliphatic heterocycles. The normalized spacial score (nSPS) is 27.3. The average molecular weight is 334 g/mol. The van der Waals surface area contributed by atoms with Gasteiger partial charge in [-0.05, 0) is 12.8 Å². The largest absolute Gasteiger partial charge is 0.481 e. The lowest BCUT2D eigenvalue weighted by atomic mass is 9.70. The van der Waals surface area contributed by atoms with Gasteiger partial charge in [0.05, 0.1) is 6.42 Å². The zero-order valence-electron chi connectivity index (χ0n) is 12.1. The lowest BCUT2D eigenvalue weighted by molar-refractivity contribution is -0.476. The van der Waals surface area contributed by atoms with Crippen molar-refractivity contribution in [2.75, 3.05) is 0 Å². The predicted molar refractivity (Wildman–Crippen MR) is 68.8 cm³/mol. The van der Waals surface area contributed by atoms with Gasteiger partial charge in [-0.1, -0.05) is 24.3 Å². The summed E-state index contributed by atoms with van der Waals surface area (Å²) in [6.07, 6.45) is 0.207. The van der Waals surface area contributed by atoms with Crippen LogP contribution in [0.15, 0.2) is 0 Å². The van der Waals surface area contributed by atoms with Crippen LogP contribution in [0, 0.1) is 5.92 Å². The maximum atomic E-state index is 11.6. The van der Waals surface area contributed by atoms with Gasteiger partial charge in [0.2, 0.25) is 0 Å². The van der Waals surface area contributed by atoms with Crippen LogP contribution in [0.2, 0.25) is 0 Å². The van der Waals surface area contributed by atoms with Crippen molar-refractivity contribution in [1.29, 1.82) is 0 Å². The van der Waals surface area contributed by atoms with Crippen molar-refractivity contribution in [2.45, 2.75) is 55.8 Å². The van der Waals surface area contributed by atoms with E-state index in [2.05, 4.69) is 5.04 Å². The van der Waals surface area contributed by atoms with Crippen molar-refractivity contribution in [1.82, 2.24) is 0 Å². The Morgan fingerprint density at radius 1 is 1.13 bits per heavy atom. The highest BCUT2D eigenvalue weighted by Gasteiger charge is 2.63. The van der Waals surface area contributed by atoms with Gasteiger partial charge in [-0.2, -0.15) is 9.78 Å². The average Bonchev–Trinajstić information content (AvgIpc) is 2.81. The zero-order chi connectivity index (χ0) is 17.3. The summed E-state index contributed by atoms with van der Waals surface area (Å²) < 4.78 is 0. The molecule has 2 aliphatic rings. The number of carboxylic acid groups (broad SMARTS) is 3. The second-order valence-corrected chi connectivity index (χ2v) is 5.91. The summed E-state index contributed by atoms with van der Waals surface area (Å²) in [5, 5.41) is 42.3. The number of carboxylic acids is 3. The van der Waals surface area contributed by atoms with Crippen LogP contribution in [-0.4, -0.2) is 55.6 Å². The first-order chi connectivity index (χ1) is 10.7. The number of aliphatic carboxylic acids is 3. The maximum Gasteiger partial charge on any atom is 0.337 e. The van der Waals surface area contributed by atoms with Crippen molar-refractivity contribution >= 4 is 17.9 Å². The van der Waals surface area contributed by atoms with E-state index in [1.165, 1.54) is 0 Å². The highest BCUT2D eigenvalue weighted by atomic mass is 17.5. The van der Waals surface area contributed by atoms with Crippen LogP contribution in [0.25, 0.3) is 0 Å². The van der Waals surface area contributed by atoms with E-state index in [0.717, 1.165) is 6.42 Å². The second-order valence-electron chi connectivity index (χ2n) is 5.91. The highest BCUT2D eigenvalue weighted by molar-refractivity contribution is 5.90. The lowest BCUT2D eigenvalue weighted by Gasteiger charge is -2.39. The monoisotopic (exact) mass is 334 g/mol. The van der Waals surface area contributed by atoms with Gasteiger partial charge in [0.1, 0.15) is 17.6 Å². The number of rotatable bonds is 6. The van der Waals surface area contributed by atoms with Crippen molar-refractivity contribution in [3.8, 4) is 0 Å². The van der Waals surface area contributed by atoms with E-state index in [9.17, 15) is 29.7 Å². The molecule has 3 unspecified atom stereocenters. The molecule has 0 bridgehead atoms. The minimum atomic E-state index is -3.07. The Labute approximate surface area is 130 Å². The summed E-state index contributed by atoms with van der Waals surface area (Å²) in [5.41, 5.74) is -4.28. The zero-order valence-corrected chi connectivity index (χ0v) is 12.1. The standard InChI is InChI=1S/C13H18O10/c14-7(15)6-13(20,11(18)19)8(10(16)17)9-12(22-23-21-9)4-2-1-3-5-12/h8-9,20H,1-6H2,(H,14,15)(H,16,17)(H,18,19). The smallest absolute Gasteiger partial charge is 0.337 e. The topological polar surface area (TPSA) is 160 Å². The predicted octanol–water partition coefficient (Wildman–Crippen LogP) is -0.0575. The summed E-state index contributed by atoms with van der Waals surface area (Å²) in [7, 11) is 0. The summed E-state index contributed by atoms with van der Waals surface area (Å²) in [6.45, 7) is 0. The number of hydrogen-bond donors (Lipinski definition) is 4. The third-order valence-corrected chi connectivity index (χ3v) is 4.44. The Balaban J connectivity index is 2.41. The molecule has 1 saturated heterocycles. The summed E-state index contributed by atoms with van der Waals surface area (Å²) in [4.78, 5) is 43.9. The molecule has 0 aromatic rings. The molecule has 1 aliphatic carbocycles. The molecule has 0 radical (unpaired) electrons. The molecule has 0 aromatic heterocycles. The van der Waals surface area contributed by atoms with E-state index in [4.69, 9.17) is 14.9 Å². The van der Waals surface area contributed by atoms with Crippen LogP contribution in [0.1, 0.15) is 38.5 Å². The van der Waals surface area contributed by atoms with E-state index < -0.39 is 47.6 Å². The van der Waals surface area contributed by atoms with Gasteiger partial charge in [0.25, 0.3) is 0 Å². The van der Waals surface area contributed by atoms with E-state index in [0.29, 0.717) is 25.7 Å². The first-order valence-corrected chi connectivity index (χ1v) is 7.14. The van der Waals surface area contributed by atoms with Crippen LogP contribution in [-0.2, 0) is 29.2 Å². The van der Waals surface area contributed by atoms with Gasteiger partial charge in [-0.15, -0.1) is 0 Å². The molecule has 2 rings (SSSR count). The summed E-state index contributed by atoms with van der Waals surface area (Å²) in [6, 6.07) is 0. The molecule has 23 heavy (non-hydrogen) atoms. The first-order valence-electron chi connectivity index (χ1n) is 7.14.